The second-order valence-electron chi connectivity index (χ2n) is 4.26. The van der Waals surface area contributed by atoms with Crippen molar-refractivity contribution in [1.82, 2.24) is 0 Å². The third kappa shape index (κ3) is 2.57. The van der Waals surface area contributed by atoms with Gasteiger partial charge in [0.05, 0.1) is 0 Å². The Morgan fingerprint density at radius 3 is 2.56 bits per heavy atom. The van der Waals surface area contributed by atoms with E-state index in [1.807, 2.05) is 11.3 Å². The van der Waals surface area contributed by atoms with Gasteiger partial charge >= 0.3 is 0 Å². The normalized spacial score (nSPS) is 10.3. The number of para-hydroxylation sites is 1. The van der Waals surface area contributed by atoms with Gasteiger partial charge in [0.15, 0.2) is 6.54 Å². The largest absolute Gasteiger partial charge is 1.00 e. The number of aryl methyl sites for hydroxylation is 1. The summed E-state index contributed by atoms with van der Waals surface area (Å²) < 4.78 is 3.70. The Labute approximate surface area is 128 Å². The number of halogens is 1. The zero-order chi connectivity index (χ0) is 11.7. The van der Waals surface area contributed by atoms with E-state index in [2.05, 4.69) is 65.5 Å². The van der Waals surface area contributed by atoms with Crippen LogP contribution in [0.5, 0.6) is 0 Å². The number of nitrogens with zero attached hydrogens (tertiary/aromatic N) is 1. The van der Waals surface area contributed by atoms with Crippen molar-refractivity contribution in [3.8, 4) is 0 Å². The molecule has 0 unspecified atom stereocenters. The Bertz CT molecular complexity index is 646. The molecule has 1 nitrogen and oxygen atoms in total. The highest BCUT2D eigenvalue weighted by Crippen LogP contribution is 2.19. The number of hydrogen-bond donors (Lipinski definition) is 0. The lowest BCUT2D eigenvalue weighted by Crippen LogP contribution is -3.00. The highest BCUT2D eigenvalue weighted by Gasteiger charge is 2.13. The molecule has 0 saturated heterocycles. The lowest BCUT2D eigenvalue weighted by molar-refractivity contribution is -0.658. The van der Waals surface area contributed by atoms with Gasteiger partial charge in [-0.2, -0.15) is 4.57 Å². The van der Waals surface area contributed by atoms with E-state index in [-0.39, 0.29) is 24.0 Å². The molecule has 1 aromatic heterocycles. The predicted molar refractivity (Wildman–Crippen MR) is 72.3 cm³/mol. The summed E-state index contributed by atoms with van der Waals surface area (Å²) in [6.45, 7) is 3.13. The maximum absolute atomic E-state index is 2.34. The number of aromatic nitrogens is 1. The van der Waals surface area contributed by atoms with Crippen LogP contribution < -0.4 is 28.5 Å². The first-order chi connectivity index (χ1) is 8.34. The van der Waals surface area contributed by atoms with Crippen LogP contribution in [0, 0.1) is 6.92 Å². The zero-order valence-electron chi connectivity index (χ0n) is 10.1. The molecule has 0 radical (unpaired) electrons. The van der Waals surface area contributed by atoms with Gasteiger partial charge in [0.2, 0.25) is 11.0 Å². The van der Waals surface area contributed by atoms with Crippen LogP contribution in [-0.4, -0.2) is 0 Å². The molecule has 18 heavy (non-hydrogen) atoms. The molecule has 0 fully saturated rings. The van der Waals surface area contributed by atoms with Crippen LogP contribution in [0.2, 0.25) is 0 Å². The van der Waals surface area contributed by atoms with Gasteiger partial charge in [0.1, 0.15) is 4.70 Å². The molecule has 3 aromatic rings. The first kappa shape index (κ1) is 13.5. The first-order valence-electron chi connectivity index (χ1n) is 5.75. The Kier molecular flexibility index (Phi) is 4.35. The molecule has 0 spiro atoms. The van der Waals surface area contributed by atoms with E-state index in [1.165, 1.54) is 21.3 Å². The number of fused-ring (bicyclic) bond motifs is 1. The fourth-order valence-corrected chi connectivity index (χ4v) is 3.13. The van der Waals surface area contributed by atoms with Gasteiger partial charge in [-0.1, -0.05) is 53.8 Å². The quantitative estimate of drug-likeness (QED) is 0.460. The van der Waals surface area contributed by atoms with Crippen molar-refractivity contribution in [2.75, 3.05) is 0 Å². The molecule has 0 aliphatic rings. The molecule has 0 bridgehead atoms. The van der Waals surface area contributed by atoms with Crippen LogP contribution in [0.1, 0.15) is 11.1 Å². The SMILES string of the molecule is Cc1cccc2sc[n+](Cc3ccccc3)c12.[I-]. The first-order valence-corrected chi connectivity index (χ1v) is 6.63. The van der Waals surface area contributed by atoms with Gasteiger partial charge in [-0.3, -0.25) is 0 Å². The fraction of sp³-hybridized carbons (Fsp3) is 0.133. The standard InChI is InChI=1S/C15H14NS.HI/c1-12-6-5-9-14-15(12)16(11-17-14)10-13-7-3-2-4-8-13;/h2-9,11H,10H2,1H3;1H/q+1;/p-1. The van der Waals surface area contributed by atoms with E-state index in [9.17, 15) is 0 Å². The number of benzene rings is 2. The van der Waals surface area contributed by atoms with Gasteiger partial charge in [-0.25, -0.2) is 0 Å². The summed E-state index contributed by atoms with van der Waals surface area (Å²) in [5, 5.41) is 0. The zero-order valence-corrected chi connectivity index (χ0v) is 13.1. The van der Waals surface area contributed by atoms with Crippen LogP contribution in [-0.2, 0) is 6.54 Å². The summed E-state index contributed by atoms with van der Waals surface area (Å²) in [5.74, 6) is 0. The van der Waals surface area contributed by atoms with Crippen LogP contribution in [0.25, 0.3) is 10.2 Å². The van der Waals surface area contributed by atoms with Gasteiger partial charge in [-0.05, 0) is 13.0 Å². The summed E-state index contributed by atoms with van der Waals surface area (Å²) in [6, 6.07) is 17.1. The van der Waals surface area contributed by atoms with E-state index >= 15 is 0 Å². The average Bonchev–Trinajstić information content (AvgIpc) is 2.75. The molecule has 3 rings (SSSR count). The second kappa shape index (κ2) is 5.80. The summed E-state index contributed by atoms with van der Waals surface area (Å²) >= 11 is 1.81. The maximum Gasteiger partial charge on any atom is 0.226 e. The highest BCUT2D eigenvalue weighted by atomic mass is 127. The molecule has 1 heterocycles. The molecular formula is C15H14INS. The average molecular weight is 367 g/mol. The van der Waals surface area contributed by atoms with Crippen molar-refractivity contribution >= 4 is 21.6 Å². The molecule has 0 atom stereocenters. The third-order valence-electron chi connectivity index (χ3n) is 2.99. The Hall–Kier alpha value is -0.940. The van der Waals surface area contributed by atoms with E-state index in [4.69, 9.17) is 0 Å². The summed E-state index contributed by atoms with van der Waals surface area (Å²) in [4.78, 5) is 0. The Morgan fingerprint density at radius 1 is 1.00 bits per heavy atom. The van der Waals surface area contributed by atoms with Crippen molar-refractivity contribution in [2.24, 2.45) is 0 Å². The summed E-state index contributed by atoms with van der Waals surface area (Å²) in [7, 11) is 0. The number of thiazole rings is 1. The summed E-state index contributed by atoms with van der Waals surface area (Å²) in [5.41, 5.74) is 6.27. The van der Waals surface area contributed by atoms with Crippen molar-refractivity contribution in [1.29, 1.82) is 0 Å². The highest BCUT2D eigenvalue weighted by molar-refractivity contribution is 7.16. The van der Waals surface area contributed by atoms with Crippen LogP contribution >= 0.6 is 11.3 Å². The van der Waals surface area contributed by atoms with Gasteiger partial charge < -0.3 is 24.0 Å². The van der Waals surface area contributed by atoms with E-state index in [0.29, 0.717) is 0 Å². The predicted octanol–water partition coefficient (Wildman–Crippen LogP) is 0.550. The lowest BCUT2D eigenvalue weighted by Gasteiger charge is -1.97. The Morgan fingerprint density at radius 2 is 1.78 bits per heavy atom. The summed E-state index contributed by atoms with van der Waals surface area (Å²) in [6.07, 6.45) is 0. The molecule has 0 saturated carbocycles. The number of rotatable bonds is 2. The lowest BCUT2D eigenvalue weighted by atomic mass is 10.2. The molecule has 92 valence electrons. The second-order valence-corrected chi connectivity index (χ2v) is 5.14. The van der Waals surface area contributed by atoms with Crippen molar-refractivity contribution in [3.05, 3.63) is 65.2 Å². The molecule has 0 amide bonds. The van der Waals surface area contributed by atoms with Crippen molar-refractivity contribution < 1.29 is 28.5 Å². The minimum absolute atomic E-state index is 0. The molecule has 0 aliphatic carbocycles. The Balaban J connectivity index is 0.00000120. The van der Waals surface area contributed by atoms with Crippen molar-refractivity contribution in [2.45, 2.75) is 13.5 Å². The van der Waals surface area contributed by atoms with Crippen LogP contribution in [0.4, 0.5) is 0 Å². The molecule has 0 N–H and O–H groups in total. The van der Waals surface area contributed by atoms with Crippen molar-refractivity contribution in [3.63, 3.8) is 0 Å². The van der Waals surface area contributed by atoms with E-state index in [1.54, 1.807) is 0 Å². The molecule has 2 aromatic carbocycles. The topological polar surface area (TPSA) is 3.88 Å². The molecule has 3 heteroatoms. The van der Waals surface area contributed by atoms with Gasteiger partial charge in [0, 0.05) is 11.1 Å². The van der Waals surface area contributed by atoms with Gasteiger partial charge in [0.25, 0.3) is 0 Å². The van der Waals surface area contributed by atoms with Crippen LogP contribution in [0.15, 0.2) is 54.0 Å². The number of hydrogen-bond acceptors (Lipinski definition) is 1. The van der Waals surface area contributed by atoms with E-state index < -0.39 is 0 Å². The van der Waals surface area contributed by atoms with Crippen LogP contribution in [0.3, 0.4) is 0 Å². The smallest absolute Gasteiger partial charge is 0.226 e. The molecule has 0 aliphatic heterocycles. The minimum atomic E-state index is 0. The monoisotopic (exact) mass is 367 g/mol. The molecular weight excluding hydrogens is 353 g/mol. The maximum atomic E-state index is 2.34. The fourth-order valence-electron chi connectivity index (χ4n) is 2.16. The third-order valence-corrected chi connectivity index (χ3v) is 3.93. The minimum Gasteiger partial charge on any atom is -1.00 e. The van der Waals surface area contributed by atoms with E-state index in [0.717, 1.165) is 6.54 Å². The van der Waals surface area contributed by atoms with Gasteiger partial charge in [-0.15, -0.1) is 0 Å².